The fourth-order valence-electron chi connectivity index (χ4n) is 3.20. The molecule has 2 atom stereocenters. The highest BCUT2D eigenvalue weighted by molar-refractivity contribution is 5.82. The number of nitrogens with one attached hydrogen (secondary N) is 2. The SMILES string of the molecule is C[C@H]1OCCN[C@@H]1C(=O)NCc1ccccc1CN1CCOCC1. The Hall–Kier alpha value is -1.47. The van der Waals surface area contributed by atoms with Gasteiger partial charge in [0.05, 0.1) is 25.9 Å². The largest absolute Gasteiger partial charge is 0.379 e. The molecule has 1 aromatic rings. The second-order valence-corrected chi connectivity index (χ2v) is 6.38. The molecule has 2 heterocycles. The van der Waals surface area contributed by atoms with Crippen molar-refractivity contribution in [3.8, 4) is 0 Å². The maximum Gasteiger partial charge on any atom is 0.240 e. The van der Waals surface area contributed by atoms with Gasteiger partial charge in [0.1, 0.15) is 6.04 Å². The monoisotopic (exact) mass is 333 g/mol. The molecule has 6 nitrogen and oxygen atoms in total. The number of nitrogens with zero attached hydrogens (tertiary/aromatic N) is 1. The molecule has 2 saturated heterocycles. The van der Waals surface area contributed by atoms with Crippen molar-refractivity contribution in [1.82, 2.24) is 15.5 Å². The van der Waals surface area contributed by atoms with E-state index in [0.29, 0.717) is 13.2 Å². The van der Waals surface area contributed by atoms with Gasteiger partial charge in [-0.3, -0.25) is 9.69 Å². The minimum absolute atomic E-state index is 0.00313. The summed E-state index contributed by atoms with van der Waals surface area (Å²) < 4.78 is 11.0. The molecule has 3 rings (SSSR count). The summed E-state index contributed by atoms with van der Waals surface area (Å²) in [4.78, 5) is 14.8. The van der Waals surface area contributed by atoms with Crippen molar-refractivity contribution >= 4 is 5.91 Å². The Morgan fingerprint density at radius 3 is 2.75 bits per heavy atom. The molecular formula is C18H27N3O3. The second kappa shape index (κ2) is 8.58. The van der Waals surface area contributed by atoms with Gasteiger partial charge in [-0.2, -0.15) is 0 Å². The van der Waals surface area contributed by atoms with Gasteiger partial charge in [0, 0.05) is 32.7 Å². The Morgan fingerprint density at radius 2 is 2.00 bits per heavy atom. The molecule has 132 valence electrons. The zero-order chi connectivity index (χ0) is 16.8. The topological polar surface area (TPSA) is 62.8 Å². The van der Waals surface area contributed by atoms with Gasteiger partial charge in [-0.1, -0.05) is 24.3 Å². The molecule has 2 aliphatic heterocycles. The lowest BCUT2D eigenvalue weighted by Crippen LogP contribution is -2.55. The molecule has 24 heavy (non-hydrogen) atoms. The molecule has 0 aromatic heterocycles. The lowest BCUT2D eigenvalue weighted by Gasteiger charge is -2.29. The molecule has 2 N–H and O–H groups in total. The third kappa shape index (κ3) is 4.54. The number of carbonyl (C=O) groups excluding carboxylic acids is 1. The van der Waals surface area contributed by atoms with Crippen molar-refractivity contribution in [3.63, 3.8) is 0 Å². The van der Waals surface area contributed by atoms with Crippen molar-refractivity contribution in [3.05, 3.63) is 35.4 Å². The van der Waals surface area contributed by atoms with Crippen molar-refractivity contribution in [2.24, 2.45) is 0 Å². The van der Waals surface area contributed by atoms with E-state index < -0.39 is 0 Å². The number of carbonyl (C=O) groups is 1. The maximum atomic E-state index is 12.4. The number of ether oxygens (including phenoxy) is 2. The van der Waals surface area contributed by atoms with Crippen molar-refractivity contribution in [2.45, 2.75) is 32.2 Å². The summed E-state index contributed by atoms with van der Waals surface area (Å²) in [5.41, 5.74) is 2.43. The highest BCUT2D eigenvalue weighted by Gasteiger charge is 2.28. The van der Waals surface area contributed by atoms with Gasteiger partial charge in [0.25, 0.3) is 0 Å². The molecule has 1 amide bonds. The zero-order valence-electron chi connectivity index (χ0n) is 14.3. The third-order valence-corrected chi connectivity index (χ3v) is 4.67. The molecule has 0 aliphatic carbocycles. The Bertz CT molecular complexity index is 546. The lowest BCUT2D eigenvalue weighted by molar-refractivity contribution is -0.129. The number of hydrogen-bond donors (Lipinski definition) is 2. The van der Waals surface area contributed by atoms with Crippen LogP contribution >= 0.6 is 0 Å². The van der Waals surface area contributed by atoms with Crippen LogP contribution in [0.2, 0.25) is 0 Å². The average molecular weight is 333 g/mol. The van der Waals surface area contributed by atoms with Crippen LogP contribution in [0.4, 0.5) is 0 Å². The van der Waals surface area contributed by atoms with Crippen LogP contribution in [0.25, 0.3) is 0 Å². The first-order valence-electron chi connectivity index (χ1n) is 8.73. The first kappa shape index (κ1) is 17.4. The van der Waals surface area contributed by atoms with Gasteiger partial charge >= 0.3 is 0 Å². The fourth-order valence-corrected chi connectivity index (χ4v) is 3.20. The molecule has 0 bridgehead atoms. The van der Waals surface area contributed by atoms with Gasteiger partial charge < -0.3 is 20.1 Å². The number of benzene rings is 1. The van der Waals surface area contributed by atoms with Gasteiger partial charge in [0.2, 0.25) is 5.91 Å². The normalized spacial score (nSPS) is 25.4. The summed E-state index contributed by atoms with van der Waals surface area (Å²) in [5, 5.41) is 6.28. The second-order valence-electron chi connectivity index (χ2n) is 6.38. The summed E-state index contributed by atoms with van der Waals surface area (Å²) in [5.74, 6) is 0.00313. The standard InChI is InChI=1S/C18H27N3O3/c1-14-17(19-6-9-24-14)18(22)20-12-15-4-2-3-5-16(15)13-21-7-10-23-11-8-21/h2-5,14,17,19H,6-13H2,1H3,(H,20,22)/t14-,17+/m1/s1. The summed E-state index contributed by atoms with van der Waals surface area (Å²) in [6.07, 6.45) is -0.0951. The molecule has 6 heteroatoms. The zero-order valence-corrected chi connectivity index (χ0v) is 14.3. The molecule has 0 unspecified atom stereocenters. The van der Waals surface area contributed by atoms with E-state index in [0.717, 1.165) is 39.4 Å². The Balaban J connectivity index is 1.57. The van der Waals surface area contributed by atoms with Crippen molar-refractivity contribution in [2.75, 3.05) is 39.5 Å². The molecule has 0 saturated carbocycles. The van der Waals surface area contributed by atoms with E-state index in [-0.39, 0.29) is 18.1 Å². The predicted molar refractivity (Wildman–Crippen MR) is 91.6 cm³/mol. The Kier molecular flexibility index (Phi) is 6.20. The van der Waals surface area contributed by atoms with Crippen LogP contribution < -0.4 is 10.6 Å². The van der Waals surface area contributed by atoms with Gasteiger partial charge in [-0.25, -0.2) is 0 Å². The van der Waals surface area contributed by atoms with Crippen molar-refractivity contribution in [1.29, 1.82) is 0 Å². The molecule has 0 spiro atoms. The predicted octanol–water partition coefficient (Wildman–Crippen LogP) is 0.512. The van der Waals surface area contributed by atoms with Crippen molar-refractivity contribution < 1.29 is 14.3 Å². The summed E-state index contributed by atoms with van der Waals surface area (Å²) in [6.45, 7) is 8.27. The first-order chi connectivity index (χ1) is 11.7. The van der Waals surface area contributed by atoms with Crippen LogP contribution in [0.15, 0.2) is 24.3 Å². The van der Waals surface area contributed by atoms with Crippen LogP contribution in [0.3, 0.4) is 0 Å². The molecule has 2 aliphatic rings. The minimum atomic E-state index is -0.273. The molecule has 0 radical (unpaired) electrons. The highest BCUT2D eigenvalue weighted by atomic mass is 16.5. The van der Waals surface area contributed by atoms with Crippen LogP contribution in [-0.2, 0) is 27.4 Å². The number of hydrogen-bond acceptors (Lipinski definition) is 5. The van der Waals surface area contributed by atoms with Gasteiger partial charge in [-0.15, -0.1) is 0 Å². The van der Waals surface area contributed by atoms with Gasteiger partial charge in [-0.05, 0) is 18.1 Å². The Morgan fingerprint density at radius 1 is 1.25 bits per heavy atom. The van der Waals surface area contributed by atoms with Gasteiger partial charge in [0.15, 0.2) is 0 Å². The first-order valence-corrected chi connectivity index (χ1v) is 8.73. The van der Waals surface area contributed by atoms with E-state index in [4.69, 9.17) is 9.47 Å². The van der Waals surface area contributed by atoms with E-state index in [9.17, 15) is 4.79 Å². The minimum Gasteiger partial charge on any atom is -0.379 e. The third-order valence-electron chi connectivity index (χ3n) is 4.67. The molecular weight excluding hydrogens is 306 g/mol. The van der Waals surface area contributed by atoms with Crippen LogP contribution in [0, 0.1) is 0 Å². The van der Waals surface area contributed by atoms with E-state index in [2.05, 4.69) is 33.7 Å². The van der Waals surface area contributed by atoms with E-state index in [1.807, 2.05) is 13.0 Å². The fraction of sp³-hybridized carbons (Fsp3) is 0.611. The van der Waals surface area contributed by atoms with E-state index >= 15 is 0 Å². The average Bonchev–Trinajstić information content (AvgIpc) is 2.62. The van der Waals surface area contributed by atoms with Crippen LogP contribution in [0.5, 0.6) is 0 Å². The van der Waals surface area contributed by atoms with Crippen LogP contribution in [0.1, 0.15) is 18.1 Å². The Labute approximate surface area is 143 Å². The summed E-state index contributed by atoms with van der Waals surface area (Å²) >= 11 is 0. The van der Waals surface area contributed by atoms with E-state index in [1.165, 1.54) is 11.1 Å². The highest BCUT2D eigenvalue weighted by Crippen LogP contribution is 2.13. The molecule has 2 fully saturated rings. The maximum absolute atomic E-state index is 12.4. The molecule has 1 aromatic carbocycles. The number of amides is 1. The number of morpholine rings is 2. The van der Waals surface area contributed by atoms with Crippen LogP contribution in [-0.4, -0.2) is 62.4 Å². The summed E-state index contributed by atoms with van der Waals surface area (Å²) in [7, 11) is 0. The summed E-state index contributed by atoms with van der Waals surface area (Å²) in [6, 6.07) is 8.03. The smallest absolute Gasteiger partial charge is 0.240 e. The quantitative estimate of drug-likeness (QED) is 0.822. The lowest BCUT2D eigenvalue weighted by atomic mass is 10.1. The number of rotatable bonds is 5. The van der Waals surface area contributed by atoms with E-state index in [1.54, 1.807) is 0 Å².